The molecular formula is C21H27IN4O2. The van der Waals surface area contributed by atoms with Crippen molar-refractivity contribution in [3.8, 4) is 0 Å². The average molecular weight is 494 g/mol. The molecule has 2 bridgehead atoms. The van der Waals surface area contributed by atoms with E-state index in [-0.39, 0.29) is 59.5 Å². The Morgan fingerprint density at radius 3 is 2.29 bits per heavy atom. The molecule has 2 amide bonds. The van der Waals surface area contributed by atoms with E-state index in [2.05, 4.69) is 22.5 Å². The molecule has 4 rings (SSSR count). The summed E-state index contributed by atoms with van der Waals surface area (Å²) in [5.41, 5.74) is 1.14. The minimum atomic E-state index is -0.118. The number of guanidine groups is 1. The Kier molecular flexibility index (Phi) is 6.42. The summed E-state index contributed by atoms with van der Waals surface area (Å²) in [6.45, 7) is 1.48. The maximum absolute atomic E-state index is 12.7. The molecule has 4 unspecified atom stereocenters. The smallest absolute Gasteiger partial charge is 0.233 e. The van der Waals surface area contributed by atoms with Gasteiger partial charge in [0.15, 0.2) is 5.96 Å². The summed E-state index contributed by atoms with van der Waals surface area (Å²) < 4.78 is 0. The van der Waals surface area contributed by atoms with Crippen molar-refractivity contribution < 1.29 is 9.59 Å². The number of hydrogen-bond donors (Lipinski definition) is 1. The minimum Gasteiger partial charge on any atom is -0.354 e. The van der Waals surface area contributed by atoms with Crippen LogP contribution in [0.1, 0.15) is 12.0 Å². The second-order valence-corrected chi connectivity index (χ2v) is 7.77. The van der Waals surface area contributed by atoms with Crippen molar-refractivity contribution in [2.75, 3.05) is 27.2 Å². The average Bonchev–Trinajstić information content (AvgIpc) is 3.34. The molecule has 28 heavy (non-hydrogen) atoms. The molecule has 0 spiro atoms. The van der Waals surface area contributed by atoms with Crippen molar-refractivity contribution in [3.05, 3.63) is 48.0 Å². The number of amides is 2. The van der Waals surface area contributed by atoms with Crippen molar-refractivity contribution in [3.63, 3.8) is 0 Å². The lowest BCUT2D eigenvalue weighted by Crippen LogP contribution is -2.43. The molecule has 1 saturated heterocycles. The Hall–Kier alpha value is -1.90. The highest BCUT2D eigenvalue weighted by atomic mass is 127. The number of nitrogens with zero attached hydrogens (tertiary/aromatic N) is 3. The lowest BCUT2D eigenvalue weighted by Gasteiger charge is -2.21. The Morgan fingerprint density at radius 2 is 1.71 bits per heavy atom. The van der Waals surface area contributed by atoms with E-state index >= 15 is 0 Å². The van der Waals surface area contributed by atoms with Crippen molar-refractivity contribution in [1.82, 2.24) is 15.1 Å². The second-order valence-electron chi connectivity index (χ2n) is 7.77. The lowest BCUT2D eigenvalue weighted by molar-refractivity contribution is -0.140. The second kappa shape index (κ2) is 8.63. The Morgan fingerprint density at radius 1 is 1.11 bits per heavy atom. The van der Waals surface area contributed by atoms with Crippen LogP contribution in [-0.4, -0.2) is 54.8 Å². The normalized spacial score (nSPS) is 27.8. The predicted octanol–water partition coefficient (Wildman–Crippen LogP) is 2.12. The molecule has 1 heterocycles. The molecule has 3 aliphatic rings. The van der Waals surface area contributed by atoms with Gasteiger partial charge >= 0.3 is 0 Å². The third kappa shape index (κ3) is 3.81. The molecule has 1 aromatic rings. The zero-order valence-electron chi connectivity index (χ0n) is 16.2. The van der Waals surface area contributed by atoms with Crippen LogP contribution >= 0.6 is 24.0 Å². The SMILES string of the molecule is CN(C)C(=NCc1ccccc1)NCCN1C(=O)C2C3C=CC(C3)C2C1=O.I. The van der Waals surface area contributed by atoms with Gasteiger partial charge in [0.2, 0.25) is 11.8 Å². The maximum atomic E-state index is 12.7. The number of imide groups is 1. The first kappa shape index (κ1) is 20.8. The molecule has 2 fully saturated rings. The van der Waals surface area contributed by atoms with Crippen LogP contribution in [0.2, 0.25) is 0 Å². The van der Waals surface area contributed by atoms with Gasteiger partial charge in [-0.15, -0.1) is 24.0 Å². The number of carbonyl (C=O) groups excluding carboxylic acids is 2. The molecule has 7 heteroatoms. The van der Waals surface area contributed by atoms with Gasteiger partial charge in [-0.3, -0.25) is 14.5 Å². The van der Waals surface area contributed by atoms with Crippen LogP contribution < -0.4 is 5.32 Å². The molecule has 6 nitrogen and oxygen atoms in total. The van der Waals surface area contributed by atoms with Crippen LogP contribution in [0.3, 0.4) is 0 Å². The van der Waals surface area contributed by atoms with E-state index in [1.54, 1.807) is 0 Å². The third-order valence-electron chi connectivity index (χ3n) is 5.86. The number of benzene rings is 1. The number of carbonyl (C=O) groups is 2. The van der Waals surface area contributed by atoms with Crippen molar-refractivity contribution in [1.29, 1.82) is 0 Å². The largest absolute Gasteiger partial charge is 0.354 e. The number of aliphatic imine (C=N–C) groups is 1. The number of halogens is 1. The van der Waals surface area contributed by atoms with E-state index in [0.717, 1.165) is 17.9 Å². The molecule has 0 aromatic heterocycles. The standard InChI is InChI=1S/C21H26N4O2.HI/c1-24(2)21(23-13-14-6-4-3-5-7-14)22-10-11-25-19(26)17-15-8-9-16(12-15)18(17)20(25)27;/h3-9,15-18H,10-13H2,1-2H3,(H,22,23);1H. The number of nitrogens with one attached hydrogen (secondary N) is 1. The Labute approximate surface area is 183 Å². The van der Waals surface area contributed by atoms with Crippen molar-refractivity contribution in [2.45, 2.75) is 13.0 Å². The lowest BCUT2D eigenvalue weighted by atomic mass is 9.85. The van der Waals surface area contributed by atoms with E-state index in [1.165, 1.54) is 4.90 Å². The highest BCUT2D eigenvalue weighted by molar-refractivity contribution is 14.0. The highest BCUT2D eigenvalue weighted by Crippen LogP contribution is 2.52. The number of allylic oxidation sites excluding steroid dienone is 2. The fraction of sp³-hybridized carbons (Fsp3) is 0.476. The monoisotopic (exact) mass is 494 g/mol. The first-order valence-electron chi connectivity index (χ1n) is 9.59. The first-order valence-corrected chi connectivity index (χ1v) is 9.59. The predicted molar refractivity (Wildman–Crippen MR) is 119 cm³/mol. The Bertz CT molecular complexity index is 763. The van der Waals surface area contributed by atoms with Gasteiger partial charge in [-0.25, -0.2) is 4.99 Å². The van der Waals surface area contributed by atoms with Gasteiger partial charge in [-0.2, -0.15) is 0 Å². The zero-order chi connectivity index (χ0) is 19.0. The summed E-state index contributed by atoms with van der Waals surface area (Å²) in [5, 5.41) is 3.28. The summed E-state index contributed by atoms with van der Waals surface area (Å²) in [6, 6.07) is 10.1. The van der Waals surface area contributed by atoms with E-state index in [0.29, 0.717) is 19.6 Å². The van der Waals surface area contributed by atoms with Gasteiger partial charge in [-0.1, -0.05) is 42.5 Å². The molecule has 1 aromatic carbocycles. The summed E-state index contributed by atoms with van der Waals surface area (Å²) >= 11 is 0. The number of hydrogen-bond acceptors (Lipinski definition) is 3. The van der Waals surface area contributed by atoms with Gasteiger partial charge in [-0.05, 0) is 23.8 Å². The molecule has 4 atom stereocenters. The third-order valence-corrected chi connectivity index (χ3v) is 5.86. The number of fused-ring (bicyclic) bond motifs is 5. The molecule has 1 N–H and O–H groups in total. The summed E-state index contributed by atoms with van der Waals surface area (Å²) in [5.74, 6) is 1.06. The van der Waals surface area contributed by atoms with Gasteiger partial charge in [0.1, 0.15) is 0 Å². The fourth-order valence-electron chi connectivity index (χ4n) is 4.57. The molecule has 150 valence electrons. The van der Waals surface area contributed by atoms with Gasteiger partial charge in [0, 0.05) is 27.2 Å². The molecule has 2 aliphatic carbocycles. The Balaban J connectivity index is 0.00000225. The topological polar surface area (TPSA) is 65.0 Å². The van der Waals surface area contributed by atoms with Crippen LogP contribution in [-0.2, 0) is 16.1 Å². The summed E-state index contributed by atoms with van der Waals surface area (Å²) in [6.07, 6.45) is 5.22. The van der Waals surface area contributed by atoms with E-state index in [9.17, 15) is 9.59 Å². The molecule has 0 radical (unpaired) electrons. The highest BCUT2D eigenvalue weighted by Gasteiger charge is 2.58. The van der Waals surface area contributed by atoms with E-state index in [4.69, 9.17) is 0 Å². The number of rotatable bonds is 5. The van der Waals surface area contributed by atoms with Crippen LogP contribution in [0.25, 0.3) is 0 Å². The van der Waals surface area contributed by atoms with Crippen LogP contribution in [0.5, 0.6) is 0 Å². The quantitative estimate of drug-likeness (QED) is 0.224. The van der Waals surface area contributed by atoms with Crippen LogP contribution in [0.15, 0.2) is 47.5 Å². The molecule has 1 aliphatic heterocycles. The zero-order valence-corrected chi connectivity index (χ0v) is 18.6. The van der Waals surface area contributed by atoms with Crippen LogP contribution in [0.4, 0.5) is 0 Å². The maximum Gasteiger partial charge on any atom is 0.233 e. The fourth-order valence-corrected chi connectivity index (χ4v) is 4.57. The van der Waals surface area contributed by atoms with E-state index in [1.807, 2.05) is 49.3 Å². The molecular weight excluding hydrogens is 467 g/mol. The van der Waals surface area contributed by atoms with Gasteiger partial charge < -0.3 is 10.2 Å². The van der Waals surface area contributed by atoms with Gasteiger partial charge in [0.25, 0.3) is 0 Å². The summed E-state index contributed by atoms with van der Waals surface area (Å²) in [7, 11) is 3.85. The van der Waals surface area contributed by atoms with E-state index < -0.39 is 0 Å². The first-order chi connectivity index (χ1) is 13.1. The minimum absolute atomic E-state index is 0. The summed E-state index contributed by atoms with van der Waals surface area (Å²) in [4.78, 5) is 33.4. The molecule has 1 saturated carbocycles. The van der Waals surface area contributed by atoms with Crippen molar-refractivity contribution in [2.24, 2.45) is 28.7 Å². The van der Waals surface area contributed by atoms with Crippen LogP contribution in [0, 0.1) is 23.7 Å². The van der Waals surface area contributed by atoms with Gasteiger partial charge in [0.05, 0.1) is 18.4 Å². The van der Waals surface area contributed by atoms with Crippen molar-refractivity contribution >= 4 is 41.8 Å². The number of likely N-dealkylation sites (tertiary alicyclic amines) is 1.